The minimum Gasteiger partial charge on any atom is -0.384 e. The molecule has 31 heavy (non-hydrogen) atoms. The summed E-state index contributed by atoms with van der Waals surface area (Å²) in [7, 11) is 0. The zero-order chi connectivity index (χ0) is 21.2. The molecule has 0 spiro atoms. The molecule has 158 valence electrons. The van der Waals surface area contributed by atoms with Crippen LogP contribution in [0.15, 0.2) is 60.9 Å². The Morgan fingerprint density at radius 1 is 0.806 bits per heavy atom. The first kappa shape index (κ1) is 20.5. The Balaban J connectivity index is 1.26. The zero-order valence-electron chi connectivity index (χ0n) is 17.3. The molecule has 1 aliphatic rings. The van der Waals surface area contributed by atoms with E-state index in [-0.39, 0.29) is 0 Å². The van der Waals surface area contributed by atoms with Gasteiger partial charge in [0.05, 0.1) is 11.0 Å². The maximum atomic E-state index is 6.15. The van der Waals surface area contributed by atoms with Crippen molar-refractivity contribution in [1.29, 1.82) is 0 Å². The summed E-state index contributed by atoms with van der Waals surface area (Å²) >= 11 is 12.3. The topological polar surface area (TPSA) is 37.8 Å². The molecule has 0 saturated heterocycles. The second-order valence-electron chi connectivity index (χ2n) is 8.64. The highest BCUT2D eigenvalue weighted by atomic mass is 35.5. The van der Waals surface area contributed by atoms with Crippen molar-refractivity contribution in [3.63, 3.8) is 0 Å². The fourth-order valence-electron chi connectivity index (χ4n) is 4.97. The lowest BCUT2D eigenvalue weighted by molar-refractivity contribution is 0.275. The van der Waals surface area contributed by atoms with Crippen molar-refractivity contribution in [2.45, 2.75) is 32.1 Å². The van der Waals surface area contributed by atoms with Gasteiger partial charge in [0.2, 0.25) is 0 Å². The lowest BCUT2D eigenvalue weighted by Gasteiger charge is -2.30. The molecular formula is C26H25Cl2N3. The van der Waals surface area contributed by atoms with E-state index in [2.05, 4.69) is 39.6 Å². The molecule has 0 aliphatic heterocycles. The number of nitrogens with one attached hydrogen (secondary N) is 1. The van der Waals surface area contributed by atoms with E-state index in [9.17, 15) is 0 Å². The predicted octanol–water partition coefficient (Wildman–Crippen LogP) is 7.55. The van der Waals surface area contributed by atoms with E-state index >= 15 is 0 Å². The van der Waals surface area contributed by atoms with Crippen LogP contribution in [0.25, 0.3) is 21.8 Å². The molecule has 0 bridgehead atoms. The molecule has 0 amide bonds. The molecule has 2 heterocycles. The van der Waals surface area contributed by atoms with Crippen molar-refractivity contribution >= 4 is 50.7 Å². The third-order valence-corrected chi connectivity index (χ3v) is 6.95. The second kappa shape index (κ2) is 9.02. The van der Waals surface area contributed by atoms with Crippen LogP contribution < -0.4 is 5.32 Å². The molecular weight excluding hydrogens is 425 g/mol. The van der Waals surface area contributed by atoms with Crippen LogP contribution in [0.2, 0.25) is 10.0 Å². The second-order valence-corrected chi connectivity index (χ2v) is 9.51. The number of pyridine rings is 2. The van der Waals surface area contributed by atoms with Crippen molar-refractivity contribution in [2.75, 3.05) is 11.9 Å². The van der Waals surface area contributed by atoms with Gasteiger partial charge in [-0.05, 0) is 79.1 Å². The van der Waals surface area contributed by atoms with E-state index in [1.807, 2.05) is 36.7 Å². The summed E-state index contributed by atoms with van der Waals surface area (Å²) in [5.41, 5.74) is 4.45. The van der Waals surface area contributed by atoms with Crippen LogP contribution >= 0.6 is 23.2 Å². The number of benzene rings is 2. The van der Waals surface area contributed by atoms with Gasteiger partial charge >= 0.3 is 0 Å². The molecule has 2 atom stereocenters. The van der Waals surface area contributed by atoms with E-state index in [0.717, 1.165) is 45.1 Å². The third-order valence-electron chi connectivity index (χ3n) is 6.48. The Hall–Kier alpha value is -2.36. The highest BCUT2D eigenvalue weighted by Crippen LogP contribution is 2.34. The molecule has 2 unspecified atom stereocenters. The summed E-state index contributed by atoms with van der Waals surface area (Å²) in [6, 6.07) is 16.2. The molecule has 4 aromatic rings. The van der Waals surface area contributed by atoms with Crippen LogP contribution in [0, 0.1) is 11.8 Å². The van der Waals surface area contributed by atoms with Gasteiger partial charge in [0.25, 0.3) is 0 Å². The monoisotopic (exact) mass is 449 g/mol. The average molecular weight is 450 g/mol. The molecule has 5 heteroatoms. The number of aromatic nitrogens is 2. The molecule has 1 N–H and O–H groups in total. The Labute approximate surface area is 192 Å². The highest BCUT2D eigenvalue weighted by molar-refractivity contribution is 6.31. The van der Waals surface area contributed by atoms with Crippen LogP contribution in [0.3, 0.4) is 0 Å². The van der Waals surface area contributed by atoms with Gasteiger partial charge in [-0.1, -0.05) is 42.1 Å². The van der Waals surface area contributed by atoms with E-state index < -0.39 is 0 Å². The predicted molar refractivity (Wildman–Crippen MR) is 131 cm³/mol. The number of rotatable bonds is 5. The van der Waals surface area contributed by atoms with Crippen molar-refractivity contribution < 1.29 is 0 Å². The Morgan fingerprint density at radius 2 is 1.48 bits per heavy atom. The quantitative estimate of drug-likeness (QED) is 0.341. The van der Waals surface area contributed by atoms with Gasteiger partial charge in [0.1, 0.15) is 0 Å². The fraction of sp³-hybridized carbons (Fsp3) is 0.308. The van der Waals surface area contributed by atoms with Gasteiger partial charge in [0.15, 0.2) is 0 Å². The molecule has 5 rings (SSSR count). The average Bonchev–Trinajstić information content (AvgIpc) is 2.77. The van der Waals surface area contributed by atoms with Crippen molar-refractivity contribution in [1.82, 2.24) is 9.97 Å². The number of hydrogen-bond acceptors (Lipinski definition) is 3. The SMILES string of the molecule is Clc1ccc2c(CC3CCCC(CNc4ccnc5cc(Cl)ccc45)C3)ccnc2c1. The Morgan fingerprint density at radius 3 is 2.29 bits per heavy atom. The summed E-state index contributed by atoms with van der Waals surface area (Å²) in [6.07, 6.45) is 9.99. The highest BCUT2D eigenvalue weighted by Gasteiger charge is 2.23. The lowest BCUT2D eigenvalue weighted by atomic mass is 9.78. The summed E-state index contributed by atoms with van der Waals surface area (Å²) in [4.78, 5) is 8.95. The largest absolute Gasteiger partial charge is 0.384 e. The molecule has 2 aromatic heterocycles. The smallest absolute Gasteiger partial charge is 0.0737 e. The number of anilines is 1. The standard InChI is InChI=1S/C26H25Cl2N3/c27-20-4-6-22-19(8-10-29-25(22)14-20)13-17-2-1-3-18(12-17)16-31-24-9-11-30-26-15-21(28)5-7-23(24)26/h4-11,14-15,17-18H,1-3,12-13,16H2,(H,30,31). The van der Waals surface area contributed by atoms with Gasteiger partial charge in [-0.2, -0.15) is 0 Å². The first-order chi connectivity index (χ1) is 15.2. The van der Waals surface area contributed by atoms with Gasteiger partial charge in [0, 0.05) is 45.4 Å². The lowest BCUT2D eigenvalue weighted by Crippen LogP contribution is -2.23. The summed E-state index contributed by atoms with van der Waals surface area (Å²) in [6.45, 7) is 0.991. The van der Waals surface area contributed by atoms with E-state index in [4.69, 9.17) is 23.2 Å². The Kier molecular flexibility index (Phi) is 5.97. The Bertz CT molecular complexity index is 1220. The summed E-state index contributed by atoms with van der Waals surface area (Å²) in [5, 5.41) is 7.51. The number of fused-ring (bicyclic) bond motifs is 2. The number of hydrogen-bond donors (Lipinski definition) is 1. The molecule has 1 aliphatic carbocycles. The fourth-order valence-corrected chi connectivity index (χ4v) is 5.30. The first-order valence-corrected chi connectivity index (χ1v) is 11.7. The van der Waals surface area contributed by atoms with Crippen LogP contribution in [0.4, 0.5) is 5.69 Å². The molecule has 2 aromatic carbocycles. The molecule has 1 fully saturated rings. The third kappa shape index (κ3) is 4.63. The molecule has 1 saturated carbocycles. The minimum atomic E-state index is 0.678. The van der Waals surface area contributed by atoms with Gasteiger partial charge in [-0.25, -0.2) is 0 Å². The number of nitrogens with zero attached hydrogens (tertiary/aromatic N) is 2. The minimum absolute atomic E-state index is 0.678. The summed E-state index contributed by atoms with van der Waals surface area (Å²) < 4.78 is 0. The van der Waals surface area contributed by atoms with E-state index in [1.54, 1.807) is 0 Å². The van der Waals surface area contributed by atoms with Gasteiger partial charge < -0.3 is 5.32 Å². The normalized spacial score (nSPS) is 19.0. The van der Waals surface area contributed by atoms with Gasteiger partial charge in [-0.3, -0.25) is 9.97 Å². The van der Waals surface area contributed by atoms with Crippen LogP contribution in [-0.4, -0.2) is 16.5 Å². The van der Waals surface area contributed by atoms with Crippen molar-refractivity contribution in [3.05, 3.63) is 76.5 Å². The van der Waals surface area contributed by atoms with E-state index in [1.165, 1.54) is 36.6 Å². The number of halogens is 2. The molecule has 0 radical (unpaired) electrons. The summed E-state index contributed by atoms with van der Waals surface area (Å²) in [5.74, 6) is 1.38. The van der Waals surface area contributed by atoms with Gasteiger partial charge in [-0.15, -0.1) is 0 Å². The maximum Gasteiger partial charge on any atom is 0.0737 e. The van der Waals surface area contributed by atoms with E-state index in [0.29, 0.717) is 11.8 Å². The zero-order valence-corrected chi connectivity index (χ0v) is 18.8. The first-order valence-electron chi connectivity index (χ1n) is 11.0. The van der Waals surface area contributed by atoms with Crippen LogP contribution in [-0.2, 0) is 6.42 Å². The van der Waals surface area contributed by atoms with Crippen LogP contribution in [0.1, 0.15) is 31.2 Å². The maximum absolute atomic E-state index is 6.15. The van der Waals surface area contributed by atoms with Crippen LogP contribution in [0.5, 0.6) is 0 Å². The molecule has 3 nitrogen and oxygen atoms in total. The van der Waals surface area contributed by atoms with Crippen molar-refractivity contribution in [3.8, 4) is 0 Å². The van der Waals surface area contributed by atoms with Crippen molar-refractivity contribution in [2.24, 2.45) is 11.8 Å².